The Balaban J connectivity index is 4.36. The highest BCUT2D eigenvalue weighted by molar-refractivity contribution is 5.77. The van der Waals surface area contributed by atoms with Crippen LogP contribution < -0.4 is 5.32 Å². The van der Waals surface area contributed by atoms with E-state index in [-0.39, 0.29) is 24.9 Å². The van der Waals surface area contributed by atoms with Crippen molar-refractivity contribution in [3.05, 3.63) is 24.3 Å². The standard InChI is InChI=1S/C54H103NO5/c1-4-7-10-13-16-19-21-23-25-27-29-31-33-35-38-41-44-47-54(59)60-50(45-42-39-36-18-15-12-9-6-3)48-53(58)55-51(49-56)52(57)46-43-40-37-34-32-30-28-26-24-22-20-17-14-11-8-5-2/h12,15,23,25,50-52,56-57H,4-11,13-14,16-22,24,26-49H2,1-3H3,(H,55,58)/b15-12-,25-23+. The highest BCUT2D eigenvalue weighted by Gasteiger charge is 2.24. The van der Waals surface area contributed by atoms with Gasteiger partial charge >= 0.3 is 5.97 Å². The number of hydrogen-bond acceptors (Lipinski definition) is 5. The number of aliphatic hydroxyl groups excluding tert-OH is 2. The summed E-state index contributed by atoms with van der Waals surface area (Å²) < 4.78 is 5.90. The summed E-state index contributed by atoms with van der Waals surface area (Å²) in [5.74, 6) is -0.487. The fourth-order valence-corrected chi connectivity index (χ4v) is 8.19. The van der Waals surface area contributed by atoms with Crippen LogP contribution in [0.4, 0.5) is 0 Å². The van der Waals surface area contributed by atoms with Crippen molar-refractivity contribution in [2.24, 2.45) is 0 Å². The maximum absolute atomic E-state index is 13.2. The zero-order valence-corrected chi connectivity index (χ0v) is 40.4. The summed E-state index contributed by atoms with van der Waals surface area (Å²) in [6, 6.07) is -0.702. The molecule has 1 amide bonds. The summed E-state index contributed by atoms with van der Waals surface area (Å²) in [4.78, 5) is 26.1. The van der Waals surface area contributed by atoms with Crippen molar-refractivity contribution in [3.63, 3.8) is 0 Å². The van der Waals surface area contributed by atoms with E-state index in [0.717, 1.165) is 70.6 Å². The Morgan fingerprint density at radius 1 is 0.467 bits per heavy atom. The van der Waals surface area contributed by atoms with E-state index >= 15 is 0 Å². The normalized spacial score (nSPS) is 13.3. The first kappa shape index (κ1) is 58.3. The zero-order chi connectivity index (χ0) is 43.8. The van der Waals surface area contributed by atoms with E-state index in [1.807, 2.05) is 0 Å². The number of hydrogen-bond donors (Lipinski definition) is 3. The molecule has 0 aliphatic carbocycles. The summed E-state index contributed by atoms with van der Waals surface area (Å²) >= 11 is 0. The highest BCUT2D eigenvalue weighted by Crippen LogP contribution is 2.18. The predicted molar refractivity (Wildman–Crippen MR) is 260 cm³/mol. The Hall–Kier alpha value is -1.66. The summed E-state index contributed by atoms with van der Waals surface area (Å²) in [6.45, 7) is 6.43. The topological polar surface area (TPSA) is 95.9 Å². The molecule has 3 atom stereocenters. The molecular weight excluding hydrogens is 743 g/mol. The highest BCUT2D eigenvalue weighted by atomic mass is 16.5. The van der Waals surface area contributed by atoms with Gasteiger partial charge in [-0.05, 0) is 70.6 Å². The molecule has 3 unspecified atom stereocenters. The average Bonchev–Trinajstić information content (AvgIpc) is 3.24. The van der Waals surface area contributed by atoms with Gasteiger partial charge in [-0.15, -0.1) is 0 Å². The van der Waals surface area contributed by atoms with Crippen LogP contribution in [-0.4, -0.2) is 46.9 Å². The molecule has 0 saturated carbocycles. The number of amides is 1. The Kier molecular flexibility index (Phi) is 47.0. The Morgan fingerprint density at radius 3 is 1.27 bits per heavy atom. The van der Waals surface area contributed by atoms with Gasteiger partial charge in [0.15, 0.2) is 0 Å². The van der Waals surface area contributed by atoms with Gasteiger partial charge in [0.25, 0.3) is 0 Å². The summed E-state index contributed by atoms with van der Waals surface area (Å²) in [5.41, 5.74) is 0. The van der Waals surface area contributed by atoms with Crippen molar-refractivity contribution in [2.75, 3.05) is 6.61 Å². The minimum atomic E-state index is -0.788. The molecule has 0 radical (unpaired) electrons. The second-order valence-corrected chi connectivity index (χ2v) is 18.3. The smallest absolute Gasteiger partial charge is 0.306 e. The van der Waals surface area contributed by atoms with Gasteiger partial charge in [0.1, 0.15) is 6.10 Å². The molecule has 3 N–H and O–H groups in total. The molecule has 0 saturated heterocycles. The molecule has 60 heavy (non-hydrogen) atoms. The lowest BCUT2D eigenvalue weighted by atomic mass is 10.0. The van der Waals surface area contributed by atoms with Crippen LogP contribution in [-0.2, 0) is 14.3 Å². The largest absolute Gasteiger partial charge is 0.462 e. The second-order valence-electron chi connectivity index (χ2n) is 18.3. The van der Waals surface area contributed by atoms with Crippen LogP contribution in [0.3, 0.4) is 0 Å². The number of rotatable bonds is 48. The monoisotopic (exact) mass is 846 g/mol. The molecule has 0 spiro atoms. The van der Waals surface area contributed by atoms with Crippen LogP contribution in [0.2, 0.25) is 0 Å². The van der Waals surface area contributed by atoms with E-state index in [0.29, 0.717) is 19.3 Å². The maximum atomic E-state index is 13.2. The molecule has 0 aromatic heterocycles. The van der Waals surface area contributed by atoms with Crippen LogP contribution in [0.15, 0.2) is 24.3 Å². The molecule has 0 aliphatic rings. The van der Waals surface area contributed by atoms with Crippen LogP contribution >= 0.6 is 0 Å². The minimum Gasteiger partial charge on any atom is -0.462 e. The fourth-order valence-electron chi connectivity index (χ4n) is 8.19. The molecule has 0 bridgehead atoms. The van der Waals surface area contributed by atoms with Crippen molar-refractivity contribution < 1.29 is 24.5 Å². The molecular formula is C54H103NO5. The number of nitrogens with one attached hydrogen (secondary N) is 1. The Morgan fingerprint density at radius 2 is 0.833 bits per heavy atom. The van der Waals surface area contributed by atoms with Gasteiger partial charge < -0.3 is 20.3 Å². The quantitative estimate of drug-likeness (QED) is 0.0322. The Bertz CT molecular complexity index is 950. The lowest BCUT2D eigenvalue weighted by Gasteiger charge is -2.24. The fraction of sp³-hybridized carbons (Fsp3) is 0.889. The van der Waals surface area contributed by atoms with E-state index in [1.165, 1.54) is 167 Å². The number of allylic oxidation sites excluding steroid dienone is 4. The Labute approximate surface area is 373 Å². The first-order valence-electron chi connectivity index (χ1n) is 26.6. The van der Waals surface area contributed by atoms with E-state index in [4.69, 9.17) is 4.74 Å². The first-order chi connectivity index (χ1) is 29.5. The van der Waals surface area contributed by atoms with Gasteiger partial charge in [-0.2, -0.15) is 0 Å². The number of aliphatic hydroxyl groups is 2. The molecule has 0 aliphatic heterocycles. The maximum Gasteiger partial charge on any atom is 0.306 e. The van der Waals surface area contributed by atoms with Crippen LogP contribution in [0.5, 0.6) is 0 Å². The third-order valence-electron chi connectivity index (χ3n) is 12.2. The molecule has 0 fully saturated rings. The minimum absolute atomic E-state index is 0.0681. The number of esters is 1. The molecule has 354 valence electrons. The summed E-state index contributed by atoms with van der Waals surface area (Å²) in [6.07, 6.45) is 55.4. The SMILES string of the molecule is CCC/C=C\CCCCCC(CC(=O)NC(CO)C(O)CCCCCCCCCCCCCCCCCC)OC(=O)CCCCCCCCC/C=C/CCCCCCCC. The predicted octanol–water partition coefficient (Wildman–Crippen LogP) is 15.9. The van der Waals surface area contributed by atoms with Gasteiger partial charge in [-0.3, -0.25) is 9.59 Å². The third kappa shape index (κ3) is 43.0. The lowest BCUT2D eigenvalue weighted by molar-refractivity contribution is -0.151. The van der Waals surface area contributed by atoms with Gasteiger partial charge in [0.2, 0.25) is 5.91 Å². The number of ether oxygens (including phenoxy) is 1. The van der Waals surface area contributed by atoms with Crippen LogP contribution in [0, 0.1) is 0 Å². The van der Waals surface area contributed by atoms with Gasteiger partial charge in [0.05, 0.1) is 25.2 Å². The van der Waals surface area contributed by atoms with Crippen LogP contribution in [0.1, 0.15) is 284 Å². The van der Waals surface area contributed by atoms with Gasteiger partial charge in [-0.1, -0.05) is 225 Å². The van der Waals surface area contributed by atoms with Crippen molar-refractivity contribution in [1.82, 2.24) is 5.32 Å². The van der Waals surface area contributed by atoms with Crippen molar-refractivity contribution >= 4 is 11.9 Å². The number of unbranched alkanes of at least 4 members (excludes halogenated alkanes) is 32. The summed E-state index contributed by atoms with van der Waals surface area (Å²) in [5, 5.41) is 23.7. The zero-order valence-electron chi connectivity index (χ0n) is 40.4. The molecule has 0 rings (SSSR count). The molecule has 6 heteroatoms. The van der Waals surface area contributed by atoms with Gasteiger partial charge in [-0.25, -0.2) is 0 Å². The van der Waals surface area contributed by atoms with E-state index in [9.17, 15) is 19.8 Å². The van der Waals surface area contributed by atoms with E-state index in [2.05, 4.69) is 50.4 Å². The van der Waals surface area contributed by atoms with E-state index < -0.39 is 18.2 Å². The summed E-state index contributed by atoms with van der Waals surface area (Å²) in [7, 11) is 0. The van der Waals surface area contributed by atoms with Gasteiger partial charge in [0, 0.05) is 6.42 Å². The average molecular weight is 846 g/mol. The second kappa shape index (κ2) is 48.4. The molecule has 0 aromatic carbocycles. The number of carbonyl (C=O) groups excluding carboxylic acids is 2. The van der Waals surface area contributed by atoms with Crippen LogP contribution in [0.25, 0.3) is 0 Å². The molecule has 6 nitrogen and oxygen atoms in total. The first-order valence-corrected chi connectivity index (χ1v) is 26.6. The van der Waals surface area contributed by atoms with Crippen molar-refractivity contribution in [3.8, 4) is 0 Å². The van der Waals surface area contributed by atoms with Crippen molar-refractivity contribution in [1.29, 1.82) is 0 Å². The lowest BCUT2D eigenvalue weighted by Crippen LogP contribution is -2.46. The van der Waals surface area contributed by atoms with Crippen molar-refractivity contribution in [2.45, 2.75) is 302 Å². The molecule has 0 aromatic rings. The molecule has 0 heterocycles. The van der Waals surface area contributed by atoms with E-state index in [1.54, 1.807) is 0 Å². The third-order valence-corrected chi connectivity index (χ3v) is 12.2. The number of carbonyl (C=O) groups is 2.